The fraction of sp³-hybridized carbons (Fsp3) is 0.321. The Hall–Kier alpha value is -4.07. The van der Waals surface area contributed by atoms with E-state index >= 15 is 0 Å². The SMILES string of the molecule is CCCCOc1ccc(C2C(C(=O)c3ccc(C)o3)=C(O)C(=O)N2Cc2cccnc2)cc1OCC. The Morgan fingerprint density at radius 2 is 1.97 bits per heavy atom. The van der Waals surface area contributed by atoms with E-state index in [9.17, 15) is 14.7 Å². The maximum absolute atomic E-state index is 13.5. The molecule has 1 atom stereocenters. The number of nitrogens with zero attached hydrogens (tertiary/aromatic N) is 2. The van der Waals surface area contributed by atoms with Crippen molar-refractivity contribution >= 4 is 11.7 Å². The number of Topliss-reactive ketones (excluding diaryl/α,β-unsaturated/α-hetero) is 1. The molecule has 0 fully saturated rings. The van der Waals surface area contributed by atoms with Crippen LogP contribution < -0.4 is 9.47 Å². The van der Waals surface area contributed by atoms with Gasteiger partial charge in [0.25, 0.3) is 5.91 Å². The molecule has 4 rings (SSSR count). The van der Waals surface area contributed by atoms with Crippen LogP contribution in [0.4, 0.5) is 0 Å². The van der Waals surface area contributed by atoms with E-state index in [1.807, 2.05) is 13.0 Å². The third-order valence-electron chi connectivity index (χ3n) is 5.93. The molecular weight excluding hydrogens is 460 g/mol. The predicted molar refractivity (Wildman–Crippen MR) is 133 cm³/mol. The van der Waals surface area contributed by atoms with Crippen LogP contribution in [0.2, 0.25) is 0 Å². The van der Waals surface area contributed by atoms with E-state index in [1.54, 1.807) is 55.7 Å². The van der Waals surface area contributed by atoms with Crippen molar-refractivity contribution in [3.05, 3.63) is 88.8 Å². The molecule has 1 aliphatic rings. The van der Waals surface area contributed by atoms with Gasteiger partial charge in [-0.25, -0.2) is 0 Å². The van der Waals surface area contributed by atoms with Crippen LogP contribution in [0.3, 0.4) is 0 Å². The van der Waals surface area contributed by atoms with E-state index in [1.165, 1.54) is 4.90 Å². The highest BCUT2D eigenvalue weighted by Gasteiger charge is 2.44. The van der Waals surface area contributed by atoms with Crippen LogP contribution in [0.15, 0.2) is 70.6 Å². The van der Waals surface area contributed by atoms with Crippen molar-refractivity contribution in [3.63, 3.8) is 0 Å². The van der Waals surface area contributed by atoms with E-state index < -0.39 is 23.5 Å². The molecule has 8 nitrogen and oxygen atoms in total. The molecular formula is C28H30N2O6. The van der Waals surface area contributed by atoms with Crippen LogP contribution in [0.25, 0.3) is 0 Å². The first-order valence-corrected chi connectivity index (χ1v) is 12.1. The van der Waals surface area contributed by atoms with Gasteiger partial charge in [-0.3, -0.25) is 14.6 Å². The van der Waals surface area contributed by atoms with Crippen molar-refractivity contribution in [2.45, 2.75) is 46.2 Å². The first-order valence-electron chi connectivity index (χ1n) is 12.1. The molecule has 1 amide bonds. The number of ether oxygens (including phenoxy) is 2. The van der Waals surface area contributed by atoms with Crippen LogP contribution in [0.1, 0.15) is 60.2 Å². The summed E-state index contributed by atoms with van der Waals surface area (Å²) in [6.07, 6.45) is 5.19. The molecule has 1 aromatic carbocycles. The van der Waals surface area contributed by atoms with Gasteiger partial charge in [-0.15, -0.1) is 0 Å². The Morgan fingerprint density at radius 1 is 1.14 bits per heavy atom. The summed E-state index contributed by atoms with van der Waals surface area (Å²) in [6, 6.07) is 11.3. The van der Waals surface area contributed by atoms with E-state index in [2.05, 4.69) is 11.9 Å². The first kappa shape index (κ1) is 25.0. The zero-order chi connectivity index (χ0) is 25.7. The van der Waals surface area contributed by atoms with Crippen molar-refractivity contribution in [2.24, 2.45) is 0 Å². The van der Waals surface area contributed by atoms with Gasteiger partial charge < -0.3 is 23.9 Å². The summed E-state index contributed by atoms with van der Waals surface area (Å²) in [5, 5.41) is 10.9. The van der Waals surface area contributed by atoms with Crippen molar-refractivity contribution in [3.8, 4) is 11.5 Å². The second kappa shape index (κ2) is 11.1. The Bertz CT molecular complexity index is 1260. The van der Waals surface area contributed by atoms with Gasteiger partial charge >= 0.3 is 0 Å². The molecule has 8 heteroatoms. The lowest BCUT2D eigenvalue weighted by Gasteiger charge is -2.27. The lowest BCUT2D eigenvalue weighted by Crippen LogP contribution is -2.30. The van der Waals surface area contributed by atoms with Crippen molar-refractivity contribution in [2.75, 3.05) is 13.2 Å². The maximum Gasteiger partial charge on any atom is 0.290 e. The minimum absolute atomic E-state index is 0.0414. The summed E-state index contributed by atoms with van der Waals surface area (Å²) in [4.78, 5) is 32.3. The number of aliphatic hydroxyl groups excluding tert-OH is 1. The minimum atomic E-state index is -0.862. The molecule has 0 saturated heterocycles. The molecule has 36 heavy (non-hydrogen) atoms. The van der Waals surface area contributed by atoms with Crippen molar-refractivity contribution in [1.82, 2.24) is 9.88 Å². The second-order valence-corrected chi connectivity index (χ2v) is 8.54. The average Bonchev–Trinajstić information content (AvgIpc) is 3.42. The summed E-state index contributed by atoms with van der Waals surface area (Å²) in [7, 11) is 0. The number of hydrogen-bond donors (Lipinski definition) is 1. The Balaban J connectivity index is 1.78. The highest BCUT2D eigenvalue weighted by molar-refractivity contribution is 6.15. The average molecular weight is 491 g/mol. The second-order valence-electron chi connectivity index (χ2n) is 8.54. The largest absolute Gasteiger partial charge is 0.503 e. The lowest BCUT2D eigenvalue weighted by molar-refractivity contribution is -0.130. The van der Waals surface area contributed by atoms with Gasteiger partial charge in [-0.1, -0.05) is 25.5 Å². The van der Waals surface area contributed by atoms with Crippen LogP contribution in [0, 0.1) is 6.92 Å². The third kappa shape index (κ3) is 5.12. The molecule has 1 unspecified atom stereocenters. The maximum atomic E-state index is 13.5. The topological polar surface area (TPSA) is 102 Å². The number of amides is 1. The highest BCUT2D eigenvalue weighted by Crippen LogP contribution is 2.42. The van der Waals surface area contributed by atoms with Crippen molar-refractivity contribution in [1.29, 1.82) is 0 Å². The van der Waals surface area contributed by atoms with E-state index in [0.717, 1.165) is 18.4 Å². The number of furan rings is 1. The number of unbranched alkanes of at least 4 members (excludes halogenated alkanes) is 1. The van der Waals surface area contributed by atoms with E-state index in [0.29, 0.717) is 36.0 Å². The zero-order valence-electron chi connectivity index (χ0n) is 20.7. The first-order chi connectivity index (χ1) is 17.4. The normalized spacial score (nSPS) is 15.5. The fourth-order valence-corrected chi connectivity index (χ4v) is 4.18. The standard InChI is InChI=1S/C28H30N2O6/c1-4-6-14-35-21-12-10-20(15-23(21)34-5-2)25-24(26(31)22-11-9-18(3)36-22)27(32)28(33)30(25)17-19-8-7-13-29-16-19/h7-13,15-16,25,32H,4-6,14,17H2,1-3H3. The fourth-order valence-electron chi connectivity index (χ4n) is 4.18. The lowest BCUT2D eigenvalue weighted by atomic mass is 9.94. The number of aliphatic hydroxyl groups is 1. The van der Waals surface area contributed by atoms with E-state index in [4.69, 9.17) is 13.9 Å². The smallest absolute Gasteiger partial charge is 0.290 e. The number of ketones is 1. The molecule has 3 heterocycles. The molecule has 0 aliphatic carbocycles. The van der Waals surface area contributed by atoms with Crippen molar-refractivity contribution < 1.29 is 28.6 Å². The molecule has 0 radical (unpaired) electrons. The number of aryl methyl sites for hydroxylation is 1. The minimum Gasteiger partial charge on any atom is -0.503 e. The van der Waals surface area contributed by atoms with E-state index in [-0.39, 0.29) is 17.9 Å². The van der Waals surface area contributed by atoms with Gasteiger partial charge in [0, 0.05) is 18.9 Å². The number of aromatic nitrogens is 1. The van der Waals surface area contributed by atoms with Gasteiger partial charge in [-0.2, -0.15) is 0 Å². The van der Waals surface area contributed by atoms with Crippen LogP contribution in [-0.4, -0.2) is 39.9 Å². The summed E-state index contributed by atoms with van der Waals surface area (Å²) in [5.41, 5.74) is 1.32. The van der Waals surface area contributed by atoms with Gasteiger partial charge in [0.1, 0.15) is 5.76 Å². The zero-order valence-corrected chi connectivity index (χ0v) is 20.7. The number of rotatable bonds is 11. The molecule has 0 saturated carbocycles. The van der Waals surface area contributed by atoms with Gasteiger partial charge in [0.05, 0.1) is 24.8 Å². The Kier molecular flexibility index (Phi) is 7.73. The molecule has 188 valence electrons. The van der Waals surface area contributed by atoms with Crippen LogP contribution in [0.5, 0.6) is 11.5 Å². The summed E-state index contributed by atoms with van der Waals surface area (Å²) in [6.45, 7) is 6.79. The molecule has 3 aromatic rings. The van der Waals surface area contributed by atoms with Gasteiger partial charge in [0.2, 0.25) is 5.78 Å². The van der Waals surface area contributed by atoms with Crippen LogP contribution in [-0.2, 0) is 11.3 Å². The monoisotopic (exact) mass is 490 g/mol. The van der Waals surface area contributed by atoms with Gasteiger partial charge in [0.15, 0.2) is 23.0 Å². The molecule has 0 spiro atoms. The molecule has 0 bridgehead atoms. The van der Waals surface area contributed by atoms with Gasteiger partial charge in [-0.05, 0) is 61.7 Å². The molecule has 1 aliphatic heterocycles. The van der Waals surface area contributed by atoms with Crippen LogP contribution >= 0.6 is 0 Å². The molecule has 2 aromatic heterocycles. The highest BCUT2D eigenvalue weighted by atomic mass is 16.5. The number of carbonyl (C=O) groups excluding carboxylic acids is 2. The Labute approximate surface area is 210 Å². The number of pyridine rings is 1. The third-order valence-corrected chi connectivity index (χ3v) is 5.93. The Morgan fingerprint density at radius 3 is 2.64 bits per heavy atom. The summed E-state index contributed by atoms with van der Waals surface area (Å²) < 4.78 is 17.3. The quantitative estimate of drug-likeness (QED) is 0.286. The summed E-state index contributed by atoms with van der Waals surface area (Å²) in [5.74, 6) is -0.0834. The number of benzene rings is 1. The number of hydrogen-bond acceptors (Lipinski definition) is 7. The summed E-state index contributed by atoms with van der Waals surface area (Å²) >= 11 is 0. The number of carbonyl (C=O) groups is 2. The molecule has 1 N–H and O–H groups in total. The predicted octanol–water partition coefficient (Wildman–Crippen LogP) is 5.34.